The Hall–Kier alpha value is -4.55. The molecule has 1 aromatic heterocycles. The van der Waals surface area contributed by atoms with Crippen LogP contribution in [0.2, 0.25) is 0 Å². The van der Waals surface area contributed by atoms with Gasteiger partial charge in [-0.1, -0.05) is 12.1 Å². The molecule has 0 saturated carbocycles. The van der Waals surface area contributed by atoms with Gasteiger partial charge >= 0.3 is 6.36 Å². The molecule has 10 nitrogen and oxygen atoms in total. The average Bonchev–Trinajstić information content (AvgIpc) is 3.37. The number of amides is 3. The first-order valence-corrected chi connectivity index (χ1v) is 12.5. The predicted molar refractivity (Wildman–Crippen MR) is 137 cm³/mol. The maximum Gasteiger partial charge on any atom is 0.573 e. The van der Waals surface area contributed by atoms with E-state index in [0.717, 1.165) is 0 Å². The Kier molecular flexibility index (Phi) is 8.61. The monoisotopic (exact) mass is 559 g/mol. The number of primary amides is 1. The number of rotatable bonds is 9. The van der Waals surface area contributed by atoms with E-state index in [4.69, 9.17) is 10.5 Å². The predicted octanol–water partition coefficient (Wildman–Crippen LogP) is 2.91. The average molecular weight is 560 g/mol. The van der Waals surface area contributed by atoms with Crippen molar-refractivity contribution in [2.75, 3.05) is 20.1 Å². The number of imidazole rings is 1. The van der Waals surface area contributed by atoms with E-state index < -0.39 is 12.3 Å². The number of nitrogens with zero attached hydrogens (tertiary/aromatic N) is 3. The Bertz CT molecular complexity index is 1370. The Morgan fingerprint density at radius 3 is 2.42 bits per heavy atom. The SMILES string of the molecule is CNC(=O)Cn1cnc(-c2ccc(OC3CCN(C(=O)Cc4ccc(OC(F)(F)F)cc4)CC3)c(C(N)=O)c2)c1. The molecule has 2 aromatic carbocycles. The molecule has 2 heterocycles. The number of nitrogens with one attached hydrogen (secondary N) is 1. The number of benzene rings is 2. The molecule has 3 aromatic rings. The van der Waals surface area contributed by atoms with Gasteiger partial charge in [0, 0.05) is 44.7 Å². The molecule has 1 aliphatic heterocycles. The summed E-state index contributed by atoms with van der Waals surface area (Å²) in [6.07, 6.45) is -0.730. The number of ether oxygens (including phenoxy) is 2. The van der Waals surface area contributed by atoms with Gasteiger partial charge < -0.3 is 30.0 Å². The van der Waals surface area contributed by atoms with Crippen molar-refractivity contribution in [2.45, 2.75) is 38.3 Å². The number of carbonyl (C=O) groups is 3. The normalized spacial score (nSPS) is 14.1. The number of aromatic nitrogens is 2. The minimum Gasteiger partial charge on any atom is -0.489 e. The summed E-state index contributed by atoms with van der Waals surface area (Å²) in [4.78, 5) is 42.5. The number of halogens is 3. The van der Waals surface area contributed by atoms with Crippen LogP contribution in [-0.2, 0) is 22.6 Å². The van der Waals surface area contributed by atoms with Crippen LogP contribution in [0.4, 0.5) is 13.2 Å². The second-order valence-corrected chi connectivity index (χ2v) is 9.25. The lowest BCUT2D eigenvalue weighted by atomic mass is 10.0. The highest BCUT2D eigenvalue weighted by Crippen LogP contribution is 2.29. The topological polar surface area (TPSA) is 129 Å². The lowest BCUT2D eigenvalue weighted by Crippen LogP contribution is -2.42. The maximum absolute atomic E-state index is 12.7. The molecule has 13 heteroatoms. The van der Waals surface area contributed by atoms with Crippen LogP contribution in [-0.4, -0.2) is 64.8 Å². The highest BCUT2D eigenvalue weighted by molar-refractivity contribution is 5.97. The van der Waals surface area contributed by atoms with Crippen LogP contribution in [0.15, 0.2) is 55.0 Å². The fraction of sp³-hybridized carbons (Fsp3) is 0.333. The van der Waals surface area contributed by atoms with Gasteiger partial charge in [0.1, 0.15) is 24.1 Å². The van der Waals surface area contributed by atoms with Crippen LogP contribution >= 0.6 is 0 Å². The zero-order valence-corrected chi connectivity index (χ0v) is 21.6. The second-order valence-electron chi connectivity index (χ2n) is 9.25. The minimum absolute atomic E-state index is 0.0456. The molecule has 1 saturated heterocycles. The molecular weight excluding hydrogens is 531 g/mol. The van der Waals surface area contributed by atoms with Crippen molar-refractivity contribution < 1.29 is 37.0 Å². The molecule has 40 heavy (non-hydrogen) atoms. The molecule has 3 amide bonds. The van der Waals surface area contributed by atoms with E-state index in [-0.39, 0.29) is 42.2 Å². The fourth-order valence-corrected chi connectivity index (χ4v) is 4.32. The van der Waals surface area contributed by atoms with E-state index in [0.29, 0.717) is 48.5 Å². The minimum atomic E-state index is -4.78. The molecule has 1 aliphatic rings. The Labute approximate surface area is 227 Å². The summed E-state index contributed by atoms with van der Waals surface area (Å²) in [6.45, 7) is 0.953. The van der Waals surface area contributed by atoms with E-state index in [1.807, 2.05) is 0 Å². The summed E-state index contributed by atoms with van der Waals surface area (Å²) in [6, 6.07) is 10.2. The third kappa shape index (κ3) is 7.52. The van der Waals surface area contributed by atoms with Crippen molar-refractivity contribution in [3.63, 3.8) is 0 Å². The third-order valence-electron chi connectivity index (χ3n) is 6.38. The second kappa shape index (κ2) is 12.1. The number of alkyl halides is 3. The first-order valence-electron chi connectivity index (χ1n) is 12.5. The zero-order valence-electron chi connectivity index (χ0n) is 21.6. The summed E-state index contributed by atoms with van der Waals surface area (Å²) < 4.78 is 48.5. The molecule has 4 rings (SSSR count). The summed E-state index contributed by atoms with van der Waals surface area (Å²) in [7, 11) is 1.54. The maximum atomic E-state index is 12.7. The summed E-state index contributed by atoms with van der Waals surface area (Å²) in [5.74, 6) is -1.01. The molecular formula is C27H28F3N5O5. The molecule has 1 fully saturated rings. The smallest absolute Gasteiger partial charge is 0.489 e. The van der Waals surface area contributed by atoms with Gasteiger partial charge in [0.05, 0.1) is 24.0 Å². The van der Waals surface area contributed by atoms with Crippen LogP contribution in [0.5, 0.6) is 11.5 Å². The lowest BCUT2D eigenvalue weighted by Gasteiger charge is -2.32. The van der Waals surface area contributed by atoms with Crippen molar-refractivity contribution in [3.05, 3.63) is 66.1 Å². The van der Waals surface area contributed by atoms with Crippen molar-refractivity contribution >= 4 is 17.7 Å². The van der Waals surface area contributed by atoms with Gasteiger partial charge in [0.15, 0.2) is 0 Å². The number of hydrogen-bond acceptors (Lipinski definition) is 6. The van der Waals surface area contributed by atoms with E-state index in [2.05, 4.69) is 15.0 Å². The Morgan fingerprint density at radius 1 is 1.10 bits per heavy atom. The van der Waals surface area contributed by atoms with E-state index in [9.17, 15) is 27.6 Å². The lowest BCUT2D eigenvalue weighted by molar-refractivity contribution is -0.274. The first-order chi connectivity index (χ1) is 19.0. The van der Waals surface area contributed by atoms with Gasteiger partial charge in [0.25, 0.3) is 5.91 Å². The molecule has 0 spiro atoms. The van der Waals surface area contributed by atoms with Crippen LogP contribution in [0.25, 0.3) is 11.3 Å². The van der Waals surface area contributed by atoms with Gasteiger partial charge in [-0.25, -0.2) is 4.98 Å². The molecule has 0 bridgehead atoms. The summed E-state index contributed by atoms with van der Waals surface area (Å²) >= 11 is 0. The standard InChI is InChI=1S/C27H28F3N5O5/c1-32-24(36)15-34-14-22(33-16-34)18-4-7-23(21(13-18)26(31)38)39-19-8-10-35(11-9-19)25(37)12-17-2-5-20(6-3-17)40-27(28,29)30/h2-7,13-14,16,19H,8-12,15H2,1H3,(H2,31,38)(H,32,36). The Balaban J connectivity index is 1.33. The first kappa shape index (κ1) is 28.5. The number of likely N-dealkylation sites (N-methyl/N-ethyl adjacent to an activating group) is 1. The number of hydrogen-bond donors (Lipinski definition) is 2. The molecule has 0 unspecified atom stereocenters. The van der Waals surface area contributed by atoms with E-state index in [1.165, 1.54) is 30.6 Å². The molecule has 0 radical (unpaired) electrons. The number of piperidine rings is 1. The van der Waals surface area contributed by atoms with Crippen molar-refractivity contribution in [1.29, 1.82) is 0 Å². The molecule has 0 aliphatic carbocycles. The van der Waals surface area contributed by atoms with Gasteiger partial charge in [-0.15, -0.1) is 13.2 Å². The van der Waals surface area contributed by atoms with Crippen LogP contribution < -0.4 is 20.5 Å². The molecule has 3 N–H and O–H groups in total. The largest absolute Gasteiger partial charge is 0.573 e. The van der Waals surface area contributed by atoms with E-state index >= 15 is 0 Å². The molecule has 212 valence electrons. The van der Waals surface area contributed by atoms with Crippen LogP contribution in [0, 0.1) is 0 Å². The molecule has 0 atom stereocenters. The summed E-state index contributed by atoms with van der Waals surface area (Å²) in [5, 5.41) is 2.54. The zero-order chi connectivity index (χ0) is 28.9. The van der Waals surface area contributed by atoms with Crippen LogP contribution in [0.3, 0.4) is 0 Å². The van der Waals surface area contributed by atoms with Crippen molar-refractivity contribution in [3.8, 4) is 22.8 Å². The fourth-order valence-electron chi connectivity index (χ4n) is 4.32. The van der Waals surface area contributed by atoms with Crippen molar-refractivity contribution in [2.24, 2.45) is 5.73 Å². The highest BCUT2D eigenvalue weighted by Gasteiger charge is 2.31. The number of nitrogens with two attached hydrogens (primary N) is 1. The number of likely N-dealkylation sites (tertiary alicyclic amines) is 1. The van der Waals surface area contributed by atoms with Crippen molar-refractivity contribution in [1.82, 2.24) is 19.8 Å². The highest BCUT2D eigenvalue weighted by atomic mass is 19.4. The number of carbonyl (C=O) groups excluding carboxylic acids is 3. The quantitative estimate of drug-likeness (QED) is 0.415. The van der Waals surface area contributed by atoms with Gasteiger partial charge in [-0.2, -0.15) is 0 Å². The summed E-state index contributed by atoms with van der Waals surface area (Å²) in [5.41, 5.74) is 7.57. The van der Waals surface area contributed by atoms with Crippen LogP contribution in [0.1, 0.15) is 28.8 Å². The third-order valence-corrected chi connectivity index (χ3v) is 6.38. The van der Waals surface area contributed by atoms with Gasteiger partial charge in [-0.05, 0) is 35.9 Å². The van der Waals surface area contributed by atoms with E-state index in [1.54, 1.807) is 40.9 Å². The van der Waals surface area contributed by atoms with Gasteiger partial charge in [0.2, 0.25) is 11.8 Å². The Morgan fingerprint density at radius 2 is 1.80 bits per heavy atom. The van der Waals surface area contributed by atoms with Gasteiger partial charge in [-0.3, -0.25) is 14.4 Å².